The van der Waals surface area contributed by atoms with Crippen LogP contribution in [0.4, 0.5) is 0 Å². The van der Waals surface area contributed by atoms with Gasteiger partial charge in [0.15, 0.2) is 6.61 Å². The fraction of sp³-hybridized carbons (Fsp3) is 0.400. The number of esters is 1. The number of nitrogens with zero attached hydrogens (tertiary/aromatic N) is 1. The number of carbonyl (C=O) groups excluding carboxylic acids is 3. The largest absolute Gasteiger partial charge is 0.452 e. The van der Waals surface area contributed by atoms with Gasteiger partial charge in [0, 0.05) is 24.0 Å². The Morgan fingerprint density at radius 1 is 1.45 bits per heavy atom. The molecule has 1 aliphatic rings. The number of thiophene rings is 1. The highest BCUT2D eigenvalue weighted by Gasteiger charge is 2.27. The van der Waals surface area contributed by atoms with Crippen molar-refractivity contribution in [3.63, 3.8) is 0 Å². The maximum Gasteiger partial charge on any atom is 0.331 e. The van der Waals surface area contributed by atoms with Gasteiger partial charge in [0.2, 0.25) is 5.91 Å². The van der Waals surface area contributed by atoms with E-state index in [0.717, 1.165) is 11.3 Å². The predicted octanol–water partition coefficient (Wildman–Crippen LogP) is 1.03. The summed E-state index contributed by atoms with van der Waals surface area (Å²) >= 11 is 1.50. The summed E-state index contributed by atoms with van der Waals surface area (Å²) in [5.74, 6) is -1.57. The Bertz CT molecular complexity index is 568. The van der Waals surface area contributed by atoms with Crippen LogP contribution in [0.15, 0.2) is 23.6 Å². The number of primary amides is 1. The van der Waals surface area contributed by atoms with Gasteiger partial charge in [-0.15, -0.1) is 11.3 Å². The SMILES string of the molecule is NC(=O)[C@H]1CCCN(C(=O)COC(=O)/C=C/c2cccs2)C1. The molecule has 6 nitrogen and oxygen atoms in total. The molecule has 118 valence electrons. The first-order valence-electron chi connectivity index (χ1n) is 7.01. The van der Waals surface area contributed by atoms with Crippen molar-refractivity contribution in [2.45, 2.75) is 12.8 Å². The second-order valence-electron chi connectivity index (χ2n) is 5.04. The van der Waals surface area contributed by atoms with Crippen LogP contribution in [0.3, 0.4) is 0 Å². The molecule has 0 radical (unpaired) electrons. The van der Waals surface area contributed by atoms with Crippen LogP contribution in [0.1, 0.15) is 17.7 Å². The molecule has 0 aromatic carbocycles. The number of ether oxygens (including phenoxy) is 1. The molecule has 1 fully saturated rings. The normalized spacial score (nSPS) is 18.4. The van der Waals surface area contributed by atoms with Crippen molar-refractivity contribution in [2.75, 3.05) is 19.7 Å². The van der Waals surface area contributed by atoms with Crippen LogP contribution in [0.25, 0.3) is 6.08 Å². The number of hydrogen-bond donors (Lipinski definition) is 1. The second kappa shape index (κ2) is 7.74. The lowest BCUT2D eigenvalue weighted by atomic mass is 9.97. The summed E-state index contributed by atoms with van der Waals surface area (Å²) in [7, 11) is 0. The summed E-state index contributed by atoms with van der Waals surface area (Å²) < 4.78 is 4.92. The maximum absolute atomic E-state index is 12.0. The Kier molecular flexibility index (Phi) is 5.71. The number of rotatable bonds is 5. The quantitative estimate of drug-likeness (QED) is 0.647. The molecule has 22 heavy (non-hydrogen) atoms. The number of carbonyl (C=O) groups is 3. The summed E-state index contributed by atoms with van der Waals surface area (Å²) in [5.41, 5.74) is 5.27. The Morgan fingerprint density at radius 2 is 2.27 bits per heavy atom. The smallest absolute Gasteiger partial charge is 0.331 e. The van der Waals surface area contributed by atoms with E-state index < -0.39 is 11.9 Å². The third kappa shape index (κ3) is 4.70. The standard InChI is InChI=1S/C15H18N2O4S/c16-15(20)11-3-1-7-17(9-11)13(18)10-21-14(19)6-5-12-4-2-8-22-12/h2,4-6,8,11H,1,3,7,9-10H2,(H2,16,20)/b6-5+/t11-/m0/s1. The van der Waals surface area contributed by atoms with Crippen LogP contribution in [-0.2, 0) is 19.1 Å². The molecule has 0 saturated carbocycles. The topological polar surface area (TPSA) is 89.7 Å². The van der Waals surface area contributed by atoms with Gasteiger partial charge < -0.3 is 15.4 Å². The van der Waals surface area contributed by atoms with Gasteiger partial charge in [0.25, 0.3) is 5.91 Å². The summed E-state index contributed by atoms with van der Waals surface area (Å²) in [6.07, 6.45) is 4.36. The Balaban J connectivity index is 1.77. The molecule has 2 amide bonds. The van der Waals surface area contributed by atoms with E-state index in [0.29, 0.717) is 19.5 Å². The molecule has 1 aromatic rings. The van der Waals surface area contributed by atoms with Gasteiger partial charge in [0.1, 0.15) is 0 Å². The van der Waals surface area contributed by atoms with Crippen LogP contribution in [0.2, 0.25) is 0 Å². The van der Waals surface area contributed by atoms with E-state index in [4.69, 9.17) is 10.5 Å². The molecule has 1 aromatic heterocycles. The van der Waals surface area contributed by atoms with Gasteiger partial charge in [-0.2, -0.15) is 0 Å². The summed E-state index contributed by atoms with van der Waals surface area (Å²) in [4.78, 5) is 37.2. The number of amides is 2. The van der Waals surface area contributed by atoms with Crippen molar-refractivity contribution < 1.29 is 19.1 Å². The Morgan fingerprint density at radius 3 is 2.95 bits per heavy atom. The van der Waals surface area contributed by atoms with Crippen LogP contribution < -0.4 is 5.73 Å². The number of hydrogen-bond acceptors (Lipinski definition) is 5. The van der Waals surface area contributed by atoms with E-state index in [1.165, 1.54) is 22.3 Å². The first-order chi connectivity index (χ1) is 10.6. The molecule has 0 aliphatic carbocycles. The molecular formula is C15H18N2O4S. The monoisotopic (exact) mass is 322 g/mol. The number of likely N-dealkylation sites (tertiary alicyclic amines) is 1. The molecule has 1 aliphatic heterocycles. The summed E-state index contributed by atoms with van der Waals surface area (Å²) in [6, 6.07) is 3.75. The molecule has 0 bridgehead atoms. The van der Waals surface area contributed by atoms with Gasteiger partial charge in [-0.25, -0.2) is 4.79 Å². The lowest BCUT2D eigenvalue weighted by Gasteiger charge is -2.30. The highest BCUT2D eigenvalue weighted by Crippen LogP contribution is 2.16. The van der Waals surface area contributed by atoms with Crippen LogP contribution in [0.5, 0.6) is 0 Å². The van der Waals surface area contributed by atoms with Crippen molar-refractivity contribution in [3.8, 4) is 0 Å². The van der Waals surface area contributed by atoms with Crippen molar-refractivity contribution >= 4 is 35.2 Å². The van der Waals surface area contributed by atoms with Gasteiger partial charge in [-0.05, 0) is 30.4 Å². The molecule has 7 heteroatoms. The fourth-order valence-corrected chi connectivity index (χ4v) is 2.86. The molecular weight excluding hydrogens is 304 g/mol. The van der Waals surface area contributed by atoms with E-state index in [-0.39, 0.29) is 18.4 Å². The summed E-state index contributed by atoms with van der Waals surface area (Å²) in [5, 5.41) is 1.90. The van der Waals surface area contributed by atoms with E-state index in [9.17, 15) is 14.4 Å². The van der Waals surface area contributed by atoms with Gasteiger partial charge >= 0.3 is 5.97 Å². The van der Waals surface area contributed by atoms with Crippen molar-refractivity contribution in [1.82, 2.24) is 4.90 Å². The minimum absolute atomic E-state index is 0.302. The van der Waals surface area contributed by atoms with E-state index >= 15 is 0 Å². The molecule has 0 unspecified atom stereocenters. The summed E-state index contributed by atoms with van der Waals surface area (Å²) in [6.45, 7) is 0.543. The average Bonchev–Trinajstić information content (AvgIpc) is 3.04. The molecule has 2 heterocycles. The Hall–Kier alpha value is -2.15. The van der Waals surface area contributed by atoms with E-state index in [1.54, 1.807) is 6.08 Å². The molecule has 1 saturated heterocycles. The third-order valence-electron chi connectivity index (χ3n) is 3.44. The van der Waals surface area contributed by atoms with Gasteiger partial charge in [-0.3, -0.25) is 9.59 Å². The van der Waals surface area contributed by atoms with E-state index in [2.05, 4.69) is 0 Å². The number of nitrogens with two attached hydrogens (primary N) is 1. The van der Waals surface area contributed by atoms with Gasteiger partial charge in [-0.1, -0.05) is 6.07 Å². The molecule has 1 atom stereocenters. The first-order valence-corrected chi connectivity index (χ1v) is 7.89. The van der Waals surface area contributed by atoms with E-state index in [1.807, 2.05) is 17.5 Å². The number of piperidine rings is 1. The van der Waals surface area contributed by atoms with Crippen molar-refractivity contribution in [1.29, 1.82) is 0 Å². The zero-order valence-corrected chi connectivity index (χ0v) is 12.9. The van der Waals surface area contributed by atoms with Crippen molar-refractivity contribution in [3.05, 3.63) is 28.5 Å². The minimum atomic E-state index is -0.565. The average molecular weight is 322 g/mol. The lowest BCUT2D eigenvalue weighted by molar-refractivity contribution is -0.149. The van der Waals surface area contributed by atoms with Crippen LogP contribution in [-0.4, -0.2) is 42.4 Å². The lowest BCUT2D eigenvalue weighted by Crippen LogP contribution is -2.45. The molecule has 2 N–H and O–H groups in total. The molecule has 0 spiro atoms. The third-order valence-corrected chi connectivity index (χ3v) is 4.28. The second-order valence-corrected chi connectivity index (χ2v) is 6.02. The highest BCUT2D eigenvalue weighted by atomic mass is 32.1. The maximum atomic E-state index is 12.0. The first kappa shape index (κ1) is 16.2. The fourth-order valence-electron chi connectivity index (χ4n) is 2.24. The highest BCUT2D eigenvalue weighted by molar-refractivity contribution is 7.10. The minimum Gasteiger partial charge on any atom is -0.452 e. The Labute approximate surface area is 132 Å². The zero-order valence-electron chi connectivity index (χ0n) is 12.1. The molecule has 2 rings (SSSR count). The van der Waals surface area contributed by atoms with Crippen LogP contribution >= 0.6 is 11.3 Å². The zero-order chi connectivity index (χ0) is 15.9. The van der Waals surface area contributed by atoms with Gasteiger partial charge in [0.05, 0.1) is 5.92 Å². The van der Waals surface area contributed by atoms with Crippen molar-refractivity contribution in [2.24, 2.45) is 11.7 Å². The van der Waals surface area contributed by atoms with Crippen LogP contribution in [0, 0.1) is 5.92 Å². The predicted molar refractivity (Wildman–Crippen MR) is 82.8 cm³/mol.